The van der Waals surface area contributed by atoms with Crippen molar-refractivity contribution in [2.24, 2.45) is 0 Å². The molecule has 2 atom stereocenters. The van der Waals surface area contributed by atoms with Crippen molar-refractivity contribution in [3.8, 4) is 0 Å². The lowest BCUT2D eigenvalue weighted by Crippen LogP contribution is -2.17. The normalized spacial score (nSPS) is 26.7. The van der Waals surface area contributed by atoms with Gasteiger partial charge in [0, 0.05) is 0 Å². The topological polar surface area (TPSA) is 31.0 Å². The Morgan fingerprint density at radius 3 is 3.00 bits per heavy atom. The Bertz CT molecular complexity index is 95.0. The fourth-order valence-corrected chi connectivity index (χ4v) is 1.19. The lowest BCUT2D eigenvalue weighted by atomic mass is 10.4. The molecule has 0 bridgehead atoms. The highest BCUT2D eigenvalue weighted by atomic mass is 28.2. The monoisotopic (exact) mass is 162 g/mol. The van der Waals surface area contributed by atoms with Crippen LogP contribution in [0.4, 0.5) is 0 Å². The van der Waals surface area contributed by atoms with Gasteiger partial charge in [-0.1, -0.05) is 0 Å². The Hall–Kier alpha value is 0.0969. The molecule has 0 saturated carbocycles. The van der Waals surface area contributed by atoms with Gasteiger partial charge >= 0.3 is 0 Å². The van der Waals surface area contributed by atoms with Gasteiger partial charge in [0.25, 0.3) is 0 Å². The summed E-state index contributed by atoms with van der Waals surface area (Å²) in [5.74, 6) is 0. The molecule has 0 aromatic heterocycles. The summed E-state index contributed by atoms with van der Waals surface area (Å²) < 4.78 is 15.4. The van der Waals surface area contributed by atoms with E-state index in [9.17, 15) is 0 Å². The van der Waals surface area contributed by atoms with E-state index in [1.54, 1.807) is 0 Å². The van der Waals surface area contributed by atoms with Gasteiger partial charge in [0.2, 0.25) is 0 Å². The molecule has 1 rings (SSSR count). The van der Waals surface area contributed by atoms with Gasteiger partial charge in [0.1, 0.15) is 16.6 Å². The molecular formula is C6H14O3Si. The van der Waals surface area contributed by atoms with Crippen molar-refractivity contribution in [3.05, 3.63) is 0 Å². The SMILES string of the molecule is CC(CO[SiH3])OCC1CO1. The molecule has 0 aromatic rings. The van der Waals surface area contributed by atoms with Crippen LogP contribution >= 0.6 is 0 Å². The molecule has 0 aliphatic carbocycles. The van der Waals surface area contributed by atoms with Crippen molar-refractivity contribution >= 4 is 10.5 Å². The van der Waals surface area contributed by atoms with Crippen LogP contribution in [0, 0.1) is 0 Å². The molecule has 0 aromatic carbocycles. The maximum atomic E-state index is 5.38. The lowest BCUT2D eigenvalue weighted by molar-refractivity contribution is 0.0261. The van der Waals surface area contributed by atoms with Crippen LogP contribution in [0.2, 0.25) is 0 Å². The van der Waals surface area contributed by atoms with E-state index in [1.165, 1.54) is 0 Å². The van der Waals surface area contributed by atoms with Crippen LogP contribution in [-0.2, 0) is 13.9 Å². The van der Waals surface area contributed by atoms with E-state index in [-0.39, 0.29) is 6.10 Å². The summed E-state index contributed by atoms with van der Waals surface area (Å²) in [5, 5.41) is 0. The Kier molecular flexibility index (Phi) is 3.34. The summed E-state index contributed by atoms with van der Waals surface area (Å²) in [4.78, 5) is 0. The summed E-state index contributed by atoms with van der Waals surface area (Å²) >= 11 is 0. The molecule has 3 nitrogen and oxygen atoms in total. The molecule has 0 N–H and O–H groups in total. The number of rotatable bonds is 5. The first-order valence-electron chi connectivity index (χ1n) is 3.55. The zero-order chi connectivity index (χ0) is 7.40. The van der Waals surface area contributed by atoms with Gasteiger partial charge in [0.15, 0.2) is 0 Å². The lowest BCUT2D eigenvalue weighted by Gasteiger charge is -2.10. The van der Waals surface area contributed by atoms with Gasteiger partial charge in [-0.25, -0.2) is 0 Å². The zero-order valence-corrected chi connectivity index (χ0v) is 8.50. The number of hydrogen-bond acceptors (Lipinski definition) is 3. The second kappa shape index (κ2) is 4.08. The highest BCUT2D eigenvalue weighted by Gasteiger charge is 2.23. The average molecular weight is 162 g/mol. The molecule has 0 amide bonds. The van der Waals surface area contributed by atoms with E-state index in [0.717, 1.165) is 30.3 Å². The molecule has 2 unspecified atom stereocenters. The highest BCUT2D eigenvalue weighted by molar-refractivity contribution is 5.97. The molecular weight excluding hydrogens is 148 g/mol. The fourth-order valence-electron chi connectivity index (χ4n) is 0.719. The van der Waals surface area contributed by atoms with E-state index in [0.29, 0.717) is 6.10 Å². The van der Waals surface area contributed by atoms with Crippen LogP contribution in [0.1, 0.15) is 6.92 Å². The number of hydrogen-bond donors (Lipinski definition) is 0. The molecule has 1 aliphatic heterocycles. The first-order valence-corrected chi connectivity index (χ1v) is 4.36. The predicted molar refractivity (Wildman–Crippen MR) is 41.0 cm³/mol. The van der Waals surface area contributed by atoms with Crippen molar-refractivity contribution in [2.45, 2.75) is 19.1 Å². The second-order valence-corrected chi connectivity index (χ2v) is 3.13. The highest BCUT2D eigenvalue weighted by Crippen LogP contribution is 2.09. The smallest absolute Gasteiger partial charge is 0.146 e. The minimum Gasteiger partial charge on any atom is -0.425 e. The van der Waals surface area contributed by atoms with Gasteiger partial charge in [0.05, 0.1) is 25.9 Å². The first-order chi connectivity index (χ1) is 4.83. The minimum absolute atomic E-state index is 0.224. The molecule has 60 valence electrons. The molecule has 1 heterocycles. The molecule has 4 heteroatoms. The van der Waals surface area contributed by atoms with E-state index in [2.05, 4.69) is 0 Å². The van der Waals surface area contributed by atoms with Crippen LogP contribution in [0.15, 0.2) is 0 Å². The van der Waals surface area contributed by atoms with E-state index < -0.39 is 0 Å². The van der Waals surface area contributed by atoms with Gasteiger partial charge < -0.3 is 13.9 Å². The van der Waals surface area contributed by atoms with Gasteiger partial charge in [-0.05, 0) is 6.92 Å². The zero-order valence-electron chi connectivity index (χ0n) is 6.50. The van der Waals surface area contributed by atoms with Gasteiger partial charge in [-0.15, -0.1) is 0 Å². The van der Waals surface area contributed by atoms with Crippen molar-refractivity contribution in [1.29, 1.82) is 0 Å². The Morgan fingerprint density at radius 1 is 1.80 bits per heavy atom. The third-order valence-electron chi connectivity index (χ3n) is 1.37. The Balaban J connectivity index is 1.89. The fraction of sp³-hybridized carbons (Fsp3) is 1.00. The maximum absolute atomic E-state index is 5.38. The molecule has 1 fully saturated rings. The van der Waals surface area contributed by atoms with Crippen LogP contribution in [0.3, 0.4) is 0 Å². The average Bonchev–Trinajstić information content (AvgIpc) is 2.67. The second-order valence-electron chi connectivity index (χ2n) is 2.55. The largest absolute Gasteiger partial charge is 0.425 e. The molecule has 0 spiro atoms. The summed E-state index contributed by atoms with van der Waals surface area (Å²) in [7, 11) is 0.795. The third kappa shape index (κ3) is 3.31. The van der Waals surface area contributed by atoms with Crippen LogP contribution in [0.5, 0.6) is 0 Å². The first kappa shape index (κ1) is 8.20. The van der Waals surface area contributed by atoms with E-state index in [1.807, 2.05) is 6.92 Å². The summed E-state index contributed by atoms with van der Waals surface area (Å²) in [6, 6.07) is 0. The van der Waals surface area contributed by atoms with Crippen LogP contribution < -0.4 is 0 Å². The molecule has 0 radical (unpaired) electrons. The standard InChI is InChI=1S/C6H14O3Si/c1-5(2-9-10)7-3-6-4-8-6/h5-6H,2-4H2,1,10H3. The van der Waals surface area contributed by atoms with Crippen LogP contribution in [0.25, 0.3) is 0 Å². The van der Waals surface area contributed by atoms with Crippen LogP contribution in [-0.4, -0.2) is 42.5 Å². The van der Waals surface area contributed by atoms with Crippen molar-refractivity contribution in [1.82, 2.24) is 0 Å². The molecule has 1 aliphatic rings. The minimum atomic E-state index is 0.224. The molecule has 10 heavy (non-hydrogen) atoms. The summed E-state index contributed by atoms with van der Waals surface area (Å²) in [6.07, 6.45) is 0.596. The van der Waals surface area contributed by atoms with Crippen molar-refractivity contribution in [2.75, 3.05) is 19.8 Å². The van der Waals surface area contributed by atoms with Gasteiger partial charge in [-0.3, -0.25) is 0 Å². The maximum Gasteiger partial charge on any atom is 0.146 e. The summed E-state index contributed by atoms with van der Waals surface area (Å²) in [6.45, 7) is 4.33. The molecule has 1 saturated heterocycles. The Labute approximate surface area is 64.2 Å². The van der Waals surface area contributed by atoms with E-state index in [4.69, 9.17) is 13.9 Å². The van der Waals surface area contributed by atoms with Crippen molar-refractivity contribution in [3.63, 3.8) is 0 Å². The van der Waals surface area contributed by atoms with E-state index >= 15 is 0 Å². The quantitative estimate of drug-likeness (QED) is 0.387. The third-order valence-corrected chi connectivity index (χ3v) is 1.70. The number of ether oxygens (including phenoxy) is 2. The van der Waals surface area contributed by atoms with Gasteiger partial charge in [-0.2, -0.15) is 0 Å². The number of epoxide rings is 1. The summed E-state index contributed by atoms with van der Waals surface area (Å²) in [5.41, 5.74) is 0. The predicted octanol–water partition coefficient (Wildman–Crippen LogP) is -0.913. The Morgan fingerprint density at radius 2 is 2.50 bits per heavy atom. The van der Waals surface area contributed by atoms with Crippen molar-refractivity contribution < 1.29 is 13.9 Å².